The van der Waals surface area contributed by atoms with Gasteiger partial charge in [-0.1, -0.05) is 0 Å². The summed E-state index contributed by atoms with van der Waals surface area (Å²) >= 11 is 0.0703. The molecule has 0 aromatic carbocycles. The molecule has 0 N–H and O–H groups in total. The number of rotatable bonds is 4. The second-order valence-electron chi connectivity index (χ2n) is 3.12. The molecule has 1 heterocycles. The van der Waals surface area contributed by atoms with Crippen molar-refractivity contribution in [2.45, 2.75) is 11.9 Å². The van der Waals surface area contributed by atoms with Crippen LogP contribution < -0.4 is 4.18 Å². The smallest absolute Gasteiger partial charge is 0.465 e. The molecule has 0 spiro atoms. The average molecular weight is 340 g/mol. The highest BCUT2D eigenvalue weighted by Gasteiger charge is 2.49. The lowest BCUT2D eigenvalue weighted by Gasteiger charge is -2.08. The lowest BCUT2D eigenvalue weighted by atomic mass is 10.4. The Morgan fingerprint density at radius 2 is 1.90 bits per heavy atom. The van der Waals surface area contributed by atoms with Crippen LogP contribution in [0.5, 0.6) is 5.75 Å². The van der Waals surface area contributed by atoms with Crippen molar-refractivity contribution in [2.75, 3.05) is 7.11 Å². The van der Waals surface area contributed by atoms with E-state index in [2.05, 4.69) is 8.92 Å². The number of carbonyl (C=O) groups is 1. The molecule has 114 valence electrons. The lowest BCUT2D eigenvalue weighted by molar-refractivity contribution is -0.0500. The van der Waals surface area contributed by atoms with E-state index >= 15 is 0 Å². The normalized spacial score (nSPS) is 12.6. The van der Waals surface area contributed by atoms with E-state index in [9.17, 15) is 35.2 Å². The third-order valence-electron chi connectivity index (χ3n) is 1.79. The quantitative estimate of drug-likeness (QED) is 0.365. The number of halogens is 5. The van der Waals surface area contributed by atoms with Crippen molar-refractivity contribution in [2.24, 2.45) is 0 Å². The molecule has 0 amide bonds. The summed E-state index contributed by atoms with van der Waals surface area (Å²) in [5, 5.41) is 0. The summed E-state index contributed by atoms with van der Waals surface area (Å²) in [6.45, 7) is 0. The van der Waals surface area contributed by atoms with Crippen molar-refractivity contribution in [3.8, 4) is 5.75 Å². The molecule has 1 aromatic heterocycles. The fourth-order valence-corrected chi connectivity index (χ4v) is 2.34. The topological polar surface area (TPSA) is 69.7 Å². The highest BCUT2D eigenvalue weighted by Crippen LogP contribution is 2.38. The lowest BCUT2D eigenvalue weighted by Crippen LogP contribution is -2.28. The van der Waals surface area contributed by atoms with Crippen LogP contribution in [0.2, 0.25) is 0 Å². The van der Waals surface area contributed by atoms with Gasteiger partial charge in [0.1, 0.15) is 0 Å². The second-order valence-corrected chi connectivity index (χ2v) is 5.74. The number of methoxy groups -OCH3 is 1. The molecule has 0 radical (unpaired) electrons. The molecule has 1 rings (SSSR count). The van der Waals surface area contributed by atoms with Crippen molar-refractivity contribution in [3.05, 3.63) is 15.8 Å². The molecule has 0 atom stereocenters. The van der Waals surface area contributed by atoms with E-state index in [4.69, 9.17) is 0 Å². The number of esters is 1. The summed E-state index contributed by atoms with van der Waals surface area (Å²) in [6.07, 6.45) is -3.12. The Labute approximate surface area is 113 Å². The average Bonchev–Trinajstić information content (AvgIpc) is 2.70. The van der Waals surface area contributed by atoms with Gasteiger partial charge >= 0.3 is 21.6 Å². The number of ether oxygens (including phenoxy) is 1. The van der Waals surface area contributed by atoms with Crippen LogP contribution in [-0.4, -0.2) is 27.0 Å². The van der Waals surface area contributed by atoms with Gasteiger partial charge in [0.15, 0.2) is 10.6 Å². The fourth-order valence-electron chi connectivity index (χ4n) is 0.962. The van der Waals surface area contributed by atoms with Crippen molar-refractivity contribution in [3.63, 3.8) is 0 Å². The third kappa shape index (κ3) is 3.36. The fraction of sp³-hybridized carbons (Fsp3) is 0.375. The second kappa shape index (κ2) is 5.52. The van der Waals surface area contributed by atoms with E-state index in [-0.39, 0.29) is 11.3 Å². The highest BCUT2D eigenvalue weighted by molar-refractivity contribution is 7.88. The first-order chi connectivity index (χ1) is 8.99. The highest BCUT2D eigenvalue weighted by atomic mass is 32.2. The van der Waals surface area contributed by atoms with Gasteiger partial charge in [-0.2, -0.15) is 21.6 Å². The summed E-state index contributed by atoms with van der Waals surface area (Å²) in [6, 6.07) is 0.338. The molecule has 5 nitrogen and oxygen atoms in total. The molecular formula is C8H5F5O5S2. The van der Waals surface area contributed by atoms with Gasteiger partial charge in [0.2, 0.25) is 0 Å². The monoisotopic (exact) mass is 340 g/mol. The van der Waals surface area contributed by atoms with E-state index in [1.54, 1.807) is 0 Å². The molecule has 20 heavy (non-hydrogen) atoms. The Morgan fingerprint density at radius 1 is 1.35 bits per heavy atom. The van der Waals surface area contributed by atoms with Crippen molar-refractivity contribution >= 4 is 27.4 Å². The first-order valence-electron chi connectivity index (χ1n) is 4.50. The number of hydrogen-bond donors (Lipinski definition) is 0. The molecule has 1 aromatic rings. The summed E-state index contributed by atoms with van der Waals surface area (Å²) in [4.78, 5) is 9.55. The van der Waals surface area contributed by atoms with Crippen molar-refractivity contribution in [1.29, 1.82) is 0 Å². The summed E-state index contributed by atoms with van der Waals surface area (Å²) in [5.74, 6) is -2.45. The summed E-state index contributed by atoms with van der Waals surface area (Å²) < 4.78 is 90.6. The number of thiophene rings is 1. The summed E-state index contributed by atoms with van der Waals surface area (Å²) in [5.41, 5.74) is -5.76. The van der Waals surface area contributed by atoms with Gasteiger partial charge in [-0.3, -0.25) is 0 Å². The molecule has 0 bridgehead atoms. The molecule has 0 unspecified atom stereocenters. The zero-order valence-electron chi connectivity index (χ0n) is 9.40. The minimum atomic E-state index is -6.07. The molecule has 0 aliphatic carbocycles. The van der Waals surface area contributed by atoms with Crippen LogP contribution in [0.15, 0.2) is 6.07 Å². The van der Waals surface area contributed by atoms with Gasteiger partial charge in [-0.05, 0) is 0 Å². The van der Waals surface area contributed by atoms with Crippen LogP contribution in [0.4, 0.5) is 22.0 Å². The van der Waals surface area contributed by atoms with Crippen LogP contribution >= 0.6 is 11.3 Å². The Kier molecular flexibility index (Phi) is 4.59. The van der Waals surface area contributed by atoms with Crippen LogP contribution in [-0.2, 0) is 14.9 Å². The zero-order chi connectivity index (χ0) is 15.7. The SMILES string of the molecule is COC(=O)c1sc(C(F)F)cc1OS(=O)(=O)C(F)(F)F. The largest absolute Gasteiger partial charge is 0.534 e. The molecular weight excluding hydrogens is 335 g/mol. The van der Waals surface area contributed by atoms with E-state index in [1.165, 1.54) is 0 Å². The van der Waals surface area contributed by atoms with Crippen LogP contribution in [0, 0.1) is 0 Å². The minimum absolute atomic E-state index is 0.0703. The summed E-state index contributed by atoms with van der Waals surface area (Å²) in [7, 11) is -5.23. The Balaban J connectivity index is 3.27. The molecule has 0 fully saturated rings. The molecule has 12 heteroatoms. The van der Waals surface area contributed by atoms with Gasteiger partial charge < -0.3 is 8.92 Å². The zero-order valence-corrected chi connectivity index (χ0v) is 11.0. The van der Waals surface area contributed by atoms with Gasteiger partial charge in [-0.25, -0.2) is 13.6 Å². The predicted octanol–water partition coefficient (Wildman–Crippen LogP) is 2.70. The van der Waals surface area contributed by atoms with Crippen molar-refractivity contribution < 1.29 is 44.1 Å². The standard InChI is InChI=1S/C8H5F5O5S2/c1-17-7(14)5-3(2-4(19-5)6(9)10)18-20(15,16)8(11,12)13/h2,6H,1H3. The van der Waals surface area contributed by atoms with E-state index in [0.717, 1.165) is 7.11 Å². The van der Waals surface area contributed by atoms with Crippen LogP contribution in [0.25, 0.3) is 0 Å². The first-order valence-corrected chi connectivity index (χ1v) is 6.73. The molecule has 0 aliphatic rings. The Morgan fingerprint density at radius 3 is 2.30 bits per heavy atom. The molecule has 0 aliphatic heterocycles. The first kappa shape index (κ1) is 16.6. The van der Waals surface area contributed by atoms with Crippen LogP contribution in [0.1, 0.15) is 21.0 Å². The maximum atomic E-state index is 12.4. The van der Waals surface area contributed by atoms with Gasteiger partial charge in [0, 0.05) is 6.07 Å². The molecule has 0 saturated heterocycles. The Bertz CT molecular complexity index is 603. The number of carbonyl (C=O) groups excluding carboxylic acids is 1. The van der Waals surface area contributed by atoms with E-state index < -0.39 is 43.5 Å². The third-order valence-corrected chi connectivity index (χ3v) is 3.86. The predicted molar refractivity (Wildman–Crippen MR) is 56.2 cm³/mol. The minimum Gasteiger partial charge on any atom is -0.465 e. The van der Waals surface area contributed by atoms with Crippen LogP contribution in [0.3, 0.4) is 0 Å². The maximum absolute atomic E-state index is 12.4. The van der Waals surface area contributed by atoms with Gasteiger partial charge in [-0.15, -0.1) is 11.3 Å². The van der Waals surface area contributed by atoms with E-state index in [0.29, 0.717) is 6.07 Å². The van der Waals surface area contributed by atoms with Crippen molar-refractivity contribution in [1.82, 2.24) is 0 Å². The van der Waals surface area contributed by atoms with Gasteiger partial charge in [0.05, 0.1) is 12.0 Å². The van der Waals surface area contributed by atoms with Gasteiger partial charge in [0.25, 0.3) is 6.43 Å². The number of alkyl halides is 5. The maximum Gasteiger partial charge on any atom is 0.534 e. The van der Waals surface area contributed by atoms with E-state index in [1.807, 2.05) is 0 Å². The number of hydrogen-bond acceptors (Lipinski definition) is 6. The Hall–Kier alpha value is -1.43. The molecule has 0 saturated carbocycles.